The van der Waals surface area contributed by atoms with Crippen molar-refractivity contribution in [2.75, 3.05) is 19.7 Å². The van der Waals surface area contributed by atoms with Crippen LogP contribution in [0.4, 0.5) is 8.78 Å². The number of benzene rings is 1. The van der Waals surface area contributed by atoms with Crippen LogP contribution in [0.3, 0.4) is 0 Å². The predicted octanol–water partition coefficient (Wildman–Crippen LogP) is 3.32. The Hall–Kier alpha value is -2.83. The lowest BCUT2D eigenvalue weighted by molar-refractivity contribution is -0.160. The highest BCUT2D eigenvalue weighted by Gasteiger charge is 2.45. The minimum Gasteiger partial charge on any atom is -0.466 e. The number of esters is 1. The Balaban J connectivity index is 1.83. The van der Waals surface area contributed by atoms with Gasteiger partial charge < -0.3 is 9.64 Å². The molecule has 1 saturated heterocycles. The summed E-state index contributed by atoms with van der Waals surface area (Å²) in [5, 5.41) is 0. The van der Waals surface area contributed by atoms with E-state index in [4.69, 9.17) is 4.74 Å². The molecule has 0 aliphatic carbocycles. The lowest BCUT2D eigenvalue weighted by Gasteiger charge is -2.41. The molecule has 0 saturated carbocycles. The lowest BCUT2D eigenvalue weighted by atomic mass is 9.74. The fraction of sp³-hybridized carbons (Fsp3) is 0.409. The predicted molar refractivity (Wildman–Crippen MR) is 103 cm³/mol. The van der Waals surface area contributed by atoms with Crippen molar-refractivity contribution >= 4 is 11.9 Å². The molecule has 29 heavy (non-hydrogen) atoms. The van der Waals surface area contributed by atoms with Crippen LogP contribution in [0.5, 0.6) is 0 Å². The molecule has 1 atom stereocenters. The molecule has 7 heteroatoms. The molecular weight excluding hydrogens is 378 g/mol. The molecule has 5 nitrogen and oxygen atoms in total. The SMILES string of the molecule is CCOC(=O)[C@@]1(Cc2ccc(F)cc2F)CCCN(C(=O)Cc2cccnc2)C1. The topological polar surface area (TPSA) is 59.5 Å². The molecule has 154 valence electrons. The molecule has 1 aliphatic heterocycles. The van der Waals surface area contributed by atoms with Gasteiger partial charge in [-0.2, -0.15) is 0 Å². The van der Waals surface area contributed by atoms with Crippen LogP contribution in [0.1, 0.15) is 30.9 Å². The number of aromatic nitrogens is 1. The van der Waals surface area contributed by atoms with E-state index in [1.165, 1.54) is 12.1 Å². The molecule has 3 rings (SSSR count). The van der Waals surface area contributed by atoms with Crippen LogP contribution in [0, 0.1) is 17.0 Å². The number of ether oxygens (including phenoxy) is 1. The van der Waals surface area contributed by atoms with E-state index in [9.17, 15) is 18.4 Å². The van der Waals surface area contributed by atoms with Gasteiger partial charge in [0.25, 0.3) is 0 Å². The Labute approximate surface area is 168 Å². The van der Waals surface area contributed by atoms with Crippen LogP contribution in [-0.2, 0) is 27.2 Å². The van der Waals surface area contributed by atoms with Gasteiger partial charge in [0.1, 0.15) is 11.6 Å². The zero-order chi connectivity index (χ0) is 20.9. The highest BCUT2D eigenvalue weighted by Crippen LogP contribution is 2.36. The quantitative estimate of drug-likeness (QED) is 0.696. The summed E-state index contributed by atoms with van der Waals surface area (Å²) in [6.07, 6.45) is 4.57. The maximum Gasteiger partial charge on any atom is 0.314 e. The molecule has 0 bridgehead atoms. The molecule has 0 N–H and O–H groups in total. The van der Waals surface area contributed by atoms with Gasteiger partial charge >= 0.3 is 5.97 Å². The monoisotopic (exact) mass is 402 g/mol. The van der Waals surface area contributed by atoms with Crippen molar-refractivity contribution in [3.05, 3.63) is 65.5 Å². The van der Waals surface area contributed by atoms with Crippen molar-refractivity contribution in [1.82, 2.24) is 9.88 Å². The zero-order valence-electron chi connectivity index (χ0n) is 16.4. The normalized spacial score (nSPS) is 19.1. The smallest absolute Gasteiger partial charge is 0.314 e. The number of hydrogen-bond donors (Lipinski definition) is 0. The van der Waals surface area contributed by atoms with E-state index in [1.54, 1.807) is 30.3 Å². The molecule has 0 radical (unpaired) electrons. The maximum absolute atomic E-state index is 14.3. The van der Waals surface area contributed by atoms with Crippen LogP contribution >= 0.6 is 0 Å². The molecule has 1 aromatic heterocycles. The van der Waals surface area contributed by atoms with Gasteiger partial charge in [0.05, 0.1) is 18.4 Å². The molecular formula is C22H24F2N2O3. The summed E-state index contributed by atoms with van der Waals surface area (Å²) in [5.74, 6) is -1.95. The van der Waals surface area contributed by atoms with Gasteiger partial charge in [0.2, 0.25) is 5.91 Å². The van der Waals surface area contributed by atoms with E-state index < -0.39 is 23.0 Å². The van der Waals surface area contributed by atoms with Crippen molar-refractivity contribution in [2.24, 2.45) is 5.41 Å². The summed E-state index contributed by atoms with van der Waals surface area (Å²) in [4.78, 5) is 31.3. The molecule has 1 aromatic carbocycles. The number of hydrogen-bond acceptors (Lipinski definition) is 4. The number of piperidine rings is 1. The second kappa shape index (κ2) is 9.11. The molecule has 0 unspecified atom stereocenters. The first-order valence-corrected chi connectivity index (χ1v) is 9.71. The molecule has 2 heterocycles. The first-order chi connectivity index (χ1) is 13.9. The van der Waals surface area contributed by atoms with E-state index in [1.807, 2.05) is 6.07 Å². The summed E-state index contributed by atoms with van der Waals surface area (Å²) >= 11 is 0. The van der Waals surface area contributed by atoms with E-state index >= 15 is 0 Å². The van der Waals surface area contributed by atoms with Gasteiger partial charge in [-0.1, -0.05) is 12.1 Å². The molecule has 2 aromatic rings. The van der Waals surface area contributed by atoms with Crippen LogP contribution < -0.4 is 0 Å². The Bertz CT molecular complexity index is 876. The van der Waals surface area contributed by atoms with Crippen LogP contribution in [0.2, 0.25) is 0 Å². The first kappa shape index (κ1) is 20.9. The number of amides is 1. The van der Waals surface area contributed by atoms with Gasteiger partial charge in [-0.15, -0.1) is 0 Å². The van der Waals surface area contributed by atoms with Crippen LogP contribution in [-0.4, -0.2) is 41.5 Å². The number of rotatable bonds is 6. The molecule has 1 aliphatic rings. The summed E-state index contributed by atoms with van der Waals surface area (Å²) in [6, 6.07) is 6.91. The van der Waals surface area contributed by atoms with E-state index in [0.29, 0.717) is 19.4 Å². The minimum atomic E-state index is -1.06. The summed E-state index contributed by atoms with van der Waals surface area (Å²) in [7, 11) is 0. The third-order valence-electron chi connectivity index (χ3n) is 5.26. The van der Waals surface area contributed by atoms with Gasteiger partial charge in [0, 0.05) is 31.5 Å². The van der Waals surface area contributed by atoms with Crippen molar-refractivity contribution in [3.63, 3.8) is 0 Å². The third-order valence-corrected chi connectivity index (χ3v) is 5.26. The van der Waals surface area contributed by atoms with Gasteiger partial charge in [-0.25, -0.2) is 8.78 Å². The van der Waals surface area contributed by atoms with Gasteiger partial charge in [0.15, 0.2) is 0 Å². The summed E-state index contributed by atoms with van der Waals surface area (Å²) < 4.78 is 32.9. The number of pyridine rings is 1. The van der Waals surface area contributed by atoms with E-state index in [0.717, 1.165) is 11.6 Å². The van der Waals surface area contributed by atoms with Crippen LogP contribution in [0.25, 0.3) is 0 Å². The average Bonchev–Trinajstić information content (AvgIpc) is 2.71. The fourth-order valence-corrected chi connectivity index (χ4v) is 3.83. The first-order valence-electron chi connectivity index (χ1n) is 9.71. The van der Waals surface area contributed by atoms with E-state index in [-0.39, 0.29) is 37.5 Å². The largest absolute Gasteiger partial charge is 0.466 e. The van der Waals surface area contributed by atoms with Crippen molar-refractivity contribution < 1.29 is 23.1 Å². The summed E-state index contributed by atoms with van der Waals surface area (Å²) in [6.45, 7) is 2.56. The van der Waals surface area contributed by atoms with Crippen LogP contribution in [0.15, 0.2) is 42.7 Å². The number of nitrogens with zero attached hydrogens (tertiary/aromatic N) is 2. The fourth-order valence-electron chi connectivity index (χ4n) is 3.83. The average molecular weight is 402 g/mol. The zero-order valence-corrected chi connectivity index (χ0v) is 16.4. The minimum absolute atomic E-state index is 0.0502. The second-order valence-corrected chi connectivity index (χ2v) is 7.37. The van der Waals surface area contributed by atoms with Crippen molar-refractivity contribution in [3.8, 4) is 0 Å². The third kappa shape index (κ3) is 4.96. The number of halogens is 2. The lowest BCUT2D eigenvalue weighted by Crippen LogP contribution is -2.52. The second-order valence-electron chi connectivity index (χ2n) is 7.37. The van der Waals surface area contributed by atoms with Gasteiger partial charge in [-0.05, 0) is 49.4 Å². The summed E-state index contributed by atoms with van der Waals surface area (Å²) in [5.41, 5.74) is -0.0345. The highest BCUT2D eigenvalue weighted by molar-refractivity contribution is 5.82. The standard InChI is InChI=1S/C22H24F2N2O3/c1-2-29-21(28)22(13-17-6-7-18(23)12-19(17)24)8-4-10-26(15-22)20(27)11-16-5-3-9-25-14-16/h3,5-7,9,12,14H,2,4,8,10-11,13,15H2,1H3/t22-/m1/s1. The number of carbonyl (C=O) groups is 2. The molecule has 1 amide bonds. The van der Waals surface area contributed by atoms with Gasteiger partial charge in [-0.3, -0.25) is 14.6 Å². The molecule has 1 fully saturated rings. The maximum atomic E-state index is 14.3. The van der Waals surface area contributed by atoms with Crippen molar-refractivity contribution in [1.29, 1.82) is 0 Å². The number of carbonyl (C=O) groups excluding carboxylic acids is 2. The Kier molecular flexibility index (Phi) is 6.56. The Morgan fingerprint density at radius 1 is 1.28 bits per heavy atom. The Morgan fingerprint density at radius 3 is 2.79 bits per heavy atom. The molecule has 0 spiro atoms. The van der Waals surface area contributed by atoms with E-state index in [2.05, 4.69) is 4.98 Å². The highest BCUT2D eigenvalue weighted by atomic mass is 19.1. The Morgan fingerprint density at radius 2 is 2.10 bits per heavy atom. The van der Waals surface area contributed by atoms with Crippen molar-refractivity contribution in [2.45, 2.75) is 32.6 Å². The number of likely N-dealkylation sites (tertiary alicyclic amines) is 1.